The van der Waals surface area contributed by atoms with Crippen LogP contribution >= 0.6 is 15.9 Å². The Bertz CT molecular complexity index is 208. The van der Waals surface area contributed by atoms with Crippen LogP contribution < -0.4 is 0 Å². The van der Waals surface area contributed by atoms with Crippen molar-refractivity contribution in [2.45, 2.75) is 57.2 Å². The molecule has 0 spiro atoms. The van der Waals surface area contributed by atoms with Crippen molar-refractivity contribution in [2.75, 3.05) is 18.5 Å². The summed E-state index contributed by atoms with van der Waals surface area (Å²) in [4.78, 5) is 0. The summed E-state index contributed by atoms with van der Waals surface area (Å²) in [6.45, 7) is 3.88. The van der Waals surface area contributed by atoms with E-state index in [1.165, 1.54) is 38.5 Å². The van der Waals surface area contributed by atoms with Gasteiger partial charge in [0.05, 0.1) is 18.8 Å². The lowest BCUT2D eigenvalue weighted by molar-refractivity contribution is -0.195. The lowest BCUT2D eigenvalue weighted by Crippen LogP contribution is -2.48. The van der Waals surface area contributed by atoms with Crippen LogP contribution in [-0.4, -0.2) is 30.2 Å². The van der Waals surface area contributed by atoms with Crippen LogP contribution in [0.15, 0.2) is 0 Å². The molecule has 2 aliphatic rings. The minimum absolute atomic E-state index is 0.110. The van der Waals surface area contributed by atoms with Crippen LogP contribution in [0.2, 0.25) is 0 Å². The molecule has 94 valence electrons. The van der Waals surface area contributed by atoms with E-state index in [4.69, 9.17) is 9.47 Å². The Hall–Kier alpha value is 0.400. The molecule has 0 atom stereocenters. The standard InChI is InChI=1S/C13H23BrO2/c1-2-3-11-4-6-13(10-14,7-5-11)16-12-8-15-9-12/h11-12H,2-10H2,1H3. The predicted molar refractivity (Wildman–Crippen MR) is 69.1 cm³/mol. The number of halogens is 1. The first-order valence-corrected chi connectivity index (χ1v) is 7.71. The first kappa shape index (κ1) is 12.8. The van der Waals surface area contributed by atoms with Crippen LogP contribution in [0.5, 0.6) is 0 Å². The SMILES string of the molecule is CCCC1CCC(CBr)(OC2COC2)CC1. The molecule has 2 rings (SSSR count). The van der Waals surface area contributed by atoms with E-state index in [2.05, 4.69) is 22.9 Å². The molecule has 1 heterocycles. The van der Waals surface area contributed by atoms with Gasteiger partial charge in [-0.05, 0) is 31.6 Å². The molecule has 1 saturated carbocycles. The van der Waals surface area contributed by atoms with Crippen molar-refractivity contribution in [1.82, 2.24) is 0 Å². The van der Waals surface area contributed by atoms with Crippen LogP contribution in [-0.2, 0) is 9.47 Å². The van der Waals surface area contributed by atoms with E-state index in [1.54, 1.807) is 0 Å². The van der Waals surface area contributed by atoms with Crippen molar-refractivity contribution >= 4 is 15.9 Å². The van der Waals surface area contributed by atoms with Gasteiger partial charge in [-0.25, -0.2) is 0 Å². The Balaban J connectivity index is 1.81. The van der Waals surface area contributed by atoms with E-state index in [1.807, 2.05) is 0 Å². The Morgan fingerprint density at radius 1 is 1.31 bits per heavy atom. The fourth-order valence-electron chi connectivity index (χ4n) is 2.82. The van der Waals surface area contributed by atoms with Crippen LogP contribution in [0.4, 0.5) is 0 Å². The largest absolute Gasteiger partial charge is 0.376 e. The Labute approximate surface area is 107 Å². The first-order valence-electron chi connectivity index (χ1n) is 6.59. The summed E-state index contributed by atoms with van der Waals surface area (Å²) in [7, 11) is 0. The van der Waals surface area contributed by atoms with Gasteiger partial charge in [0.25, 0.3) is 0 Å². The smallest absolute Gasteiger partial charge is 0.105 e. The molecule has 0 N–H and O–H groups in total. The highest BCUT2D eigenvalue weighted by Gasteiger charge is 2.38. The summed E-state index contributed by atoms with van der Waals surface area (Å²) in [6.07, 6.45) is 8.20. The van der Waals surface area contributed by atoms with Gasteiger partial charge in [0.2, 0.25) is 0 Å². The van der Waals surface area contributed by atoms with Crippen LogP contribution in [0.25, 0.3) is 0 Å². The normalized spacial score (nSPS) is 36.0. The summed E-state index contributed by atoms with van der Waals surface area (Å²) in [5.41, 5.74) is 0.110. The maximum atomic E-state index is 6.22. The topological polar surface area (TPSA) is 18.5 Å². The molecule has 1 aliphatic carbocycles. The molecule has 0 aromatic carbocycles. The fraction of sp³-hybridized carbons (Fsp3) is 1.00. The van der Waals surface area contributed by atoms with Gasteiger partial charge in [-0.2, -0.15) is 0 Å². The van der Waals surface area contributed by atoms with Gasteiger partial charge >= 0.3 is 0 Å². The number of ether oxygens (including phenoxy) is 2. The van der Waals surface area contributed by atoms with E-state index >= 15 is 0 Å². The number of alkyl halides is 1. The molecule has 0 unspecified atom stereocenters. The lowest BCUT2D eigenvalue weighted by Gasteiger charge is -2.43. The molecule has 16 heavy (non-hydrogen) atoms. The van der Waals surface area contributed by atoms with E-state index in [0.29, 0.717) is 6.10 Å². The summed E-state index contributed by atoms with van der Waals surface area (Å²) >= 11 is 3.64. The van der Waals surface area contributed by atoms with Crippen LogP contribution in [0.1, 0.15) is 45.4 Å². The number of rotatable bonds is 5. The second kappa shape index (κ2) is 5.83. The summed E-state index contributed by atoms with van der Waals surface area (Å²) in [6, 6.07) is 0. The second-order valence-corrected chi connectivity index (χ2v) is 5.89. The van der Waals surface area contributed by atoms with Crippen molar-refractivity contribution in [3.05, 3.63) is 0 Å². The highest BCUT2D eigenvalue weighted by atomic mass is 79.9. The van der Waals surface area contributed by atoms with E-state index in [-0.39, 0.29) is 5.60 Å². The van der Waals surface area contributed by atoms with Gasteiger partial charge in [-0.15, -0.1) is 0 Å². The maximum Gasteiger partial charge on any atom is 0.105 e. The van der Waals surface area contributed by atoms with Crippen LogP contribution in [0.3, 0.4) is 0 Å². The molecule has 2 fully saturated rings. The van der Waals surface area contributed by atoms with E-state index in [9.17, 15) is 0 Å². The summed E-state index contributed by atoms with van der Waals surface area (Å²) in [5, 5.41) is 0.981. The molecule has 0 amide bonds. The van der Waals surface area contributed by atoms with Crippen molar-refractivity contribution in [1.29, 1.82) is 0 Å². The van der Waals surface area contributed by atoms with E-state index in [0.717, 1.165) is 24.5 Å². The monoisotopic (exact) mass is 290 g/mol. The average molecular weight is 291 g/mol. The molecule has 2 nitrogen and oxygen atoms in total. The minimum atomic E-state index is 0.110. The number of hydrogen-bond donors (Lipinski definition) is 0. The molecule has 0 radical (unpaired) electrons. The highest BCUT2D eigenvalue weighted by molar-refractivity contribution is 9.09. The van der Waals surface area contributed by atoms with E-state index < -0.39 is 0 Å². The fourth-order valence-corrected chi connectivity index (χ4v) is 3.51. The Morgan fingerprint density at radius 2 is 2.00 bits per heavy atom. The zero-order chi connectivity index (χ0) is 11.4. The van der Waals surface area contributed by atoms with Gasteiger partial charge in [-0.3, -0.25) is 0 Å². The highest BCUT2D eigenvalue weighted by Crippen LogP contribution is 2.39. The first-order chi connectivity index (χ1) is 7.78. The van der Waals surface area contributed by atoms with Gasteiger partial charge < -0.3 is 9.47 Å². The third kappa shape index (κ3) is 2.99. The third-order valence-corrected chi connectivity index (χ3v) is 5.00. The number of hydrogen-bond acceptors (Lipinski definition) is 2. The molecule has 0 aromatic heterocycles. The average Bonchev–Trinajstić information content (AvgIpc) is 2.27. The van der Waals surface area contributed by atoms with Crippen molar-refractivity contribution < 1.29 is 9.47 Å². The Kier molecular flexibility index (Phi) is 4.68. The molecule has 3 heteroatoms. The van der Waals surface area contributed by atoms with Gasteiger partial charge in [-0.1, -0.05) is 35.7 Å². The Morgan fingerprint density at radius 3 is 2.44 bits per heavy atom. The van der Waals surface area contributed by atoms with Crippen molar-refractivity contribution in [3.63, 3.8) is 0 Å². The second-order valence-electron chi connectivity index (χ2n) is 5.33. The molecular weight excluding hydrogens is 268 g/mol. The molecular formula is C13H23BrO2. The van der Waals surface area contributed by atoms with Gasteiger partial charge in [0, 0.05) is 5.33 Å². The minimum Gasteiger partial charge on any atom is -0.376 e. The maximum absolute atomic E-state index is 6.22. The van der Waals surface area contributed by atoms with Gasteiger partial charge in [0.15, 0.2) is 0 Å². The molecule has 1 aliphatic heterocycles. The van der Waals surface area contributed by atoms with Gasteiger partial charge in [0.1, 0.15) is 6.10 Å². The molecule has 1 saturated heterocycles. The predicted octanol–water partition coefficient (Wildman–Crippen LogP) is 3.53. The zero-order valence-electron chi connectivity index (χ0n) is 10.2. The third-order valence-electron chi connectivity index (χ3n) is 3.98. The van der Waals surface area contributed by atoms with Crippen LogP contribution in [0, 0.1) is 5.92 Å². The molecule has 0 aromatic rings. The summed E-state index contributed by atoms with van der Waals surface area (Å²) < 4.78 is 11.4. The molecule has 0 bridgehead atoms. The summed E-state index contributed by atoms with van der Waals surface area (Å²) in [5.74, 6) is 0.943. The zero-order valence-corrected chi connectivity index (χ0v) is 11.8. The lowest BCUT2D eigenvalue weighted by atomic mass is 9.78. The van der Waals surface area contributed by atoms with Crippen molar-refractivity contribution in [2.24, 2.45) is 5.92 Å². The van der Waals surface area contributed by atoms with Crippen molar-refractivity contribution in [3.8, 4) is 0 Å². The quantitative estimate of drug-likeness (QED) is 0.721.